The molecule has 1 fully saturated rings. The Kier molecular flexibility index (Phi) is 8.88. The van der Waals surface area contributed by atoms with Crippen molar-refractivity contribution >= 4 is 57.8 Å². The zero-order valence-corrected chi connectivity index (χ0v) is 27.7. The second kappa shape index (κ2) is 11.6. The molecule has 0 bridgehead atoms. The number of halogens is 1. The third-order valence-electron chi connectivity index (χ3n) is 8.60. The normalized spacial score (nSPS) is 20.6. The zero-order valence-electron chi connectivity index (χ0n) is 24.2. The molecular weight excluding hydrogens is 574 g/mol. The monoisotopic (exact) mass is 613 g/mol. The Labute approximate surface area is 246 Å². The minimum Gasteiger partial charge on any atom is -0.407 e. The number of hydrogen-bond acceptors (Lipinski definition) is 4. The highest BCUT2D eigenvalue weighted by atomic mass is 35.7. The topological polar surface area (TPSA) is 63.7 Å². The molecule has 1 amide bonds. The summed E-state index contributed by atoms with van der Waals surface area (Å²) in [6.07, 6.45) is 0.375. The fourth-order valence-electron chi connectivity index (χ4n) is 6.82. The predicted molar refractivity (Wildman–Crippen MR) is 170 cm³/mol. The fourth-order valence-corrected chi connectivity index (χ4v) is 17.1. The van der Waals surface area contributed by atoms with Gasteiger partial charge in [0.05, 0.1) is 14.1 Å². The van der Waals surface area contributed by atoms with Crippen molar-refractivity contribution in [1.29, 1.82) is 0 Å². The standard InChI is InChI=1S/C31H40ClNO4SSi2/c1-24-29(39(5,6)25-16-10-7-11-17-25)28(33(30(24)34)38(32,35)36)22-23-37-40(31(2,3)4,26-18-12-8-13-19-26)27-20-14-9-15-21-27/h7-21,24,28-29H,22-23H2,1-6H3/t24-,28-,29+/m1/s1. The number of nitrogens with zero attached hydrogens (tertiary/aromatic N) is 1. The van der Waals surface area contributed by atoms with E-state index in [4.69, 9.17) is 15.1 Å². The van der Waals surface area contributed by atoms with Crippen LogP contribution in [0.25, 0.3) is 0 Å². The molecule has 1 heterocycles. The molecule has 214 valence electrons. The first-order chi connectivity index (χ1) is 18.7. The molecule has 0 aliphatic carbocycles. The van der Waals surface area contributed by atoms with Gasteiger partial charge in [-0.3, -0.25) is 4.79 Å². The van der Waals surface area contributed by atoms with Gasteiger partial charge < -0.3 is 4.43 Å². The van der Waals surface area contributed by atoms with E-state index in [0.717, 1.165) is 14.7 Å². The van der Waals surface area contributed by atoms with Crippen LogP contribution in [0.4, 0.5) is 0 Å². The first-order valence-corrected chi connectivity index (χ1v) is 21.1. The number of amides is 1. The van der Waals surface area contributed by atoms with Gasteiger partial charge in [0.1, 0.15) is 0 Å². The lowest BCUT2D eigenvalue weighted by molar-refractivity contribution is -0.127. The van der Waals surface area contributed by atoms with E-state index in [9.17, 15) is 13.2 Å². The lowest BCUT2D eigenvalue weighted by Gasteiger charge is -2.43. The van der Waals surface area contributed by atoms with E-state index >= 15 is 0 Å². The Hall–Kier alpha value is -2.24. The molecule has 0 aromatic heterocycles. The summed E-state index contributed by atoms with van der Waals surface area (Å²) in [4.78, 5) is 13.5. The molecule has 3 aromatic carbocycles. The Morgan fingerprint density at radius 1 is 0.825 bits per heavy atom. The smallest absolute Gasteiger partial charge is 0.324 e. The summed E-state index contributed by atoms with van der Waals surface area (Å²) >= 11 is 0. The number of benzene rings is 3. The lowest BCUT2D eigenvalue weighted by atomic mass is 10.0. The average molecular weight is 614 g/mol. The molecular formula is C31H40ClNO4SSi2. The second-order valence-corrected chi connectivity index (χ2v) is 23.7. The highest BCUT2D eigenvalue weighted by Crippen LogP contribution is 2.46. The Morgan fingerprint density at radius 2 is 1.25 bits per heavy atom. The summed E-state index contributed by atoms with van der Waals surface area (Å²) < 4.78 is 33.7. The van der Waals surface area contributed by atoms with E-state index in [0.29, 0.717) is 13.0 Å². The maximum Gasteiger partial charge on any atom is 0.324 e. The number of carbonyl (C=O) groups is 1. The molecule has 0 unspecified atom stereocenters. The van der Waals surface area contributed by atoms with E-state index in [1.807, 2.05) is 61.5 Å². The van der Waals surface area contributed by atoms with E-state index in [-0.39, 0.29) is 10.6 Å². The Morgan fingerprint density at radius 3 is 1.65 bits per heavy atom. The number of carbonyl (C=O) groups excluding carboxylic acids is 1. The van der Waals surface area contributed by atoms with E-state index < -0.39 is 43.5 Å². The molecule has 1 aliphatic rings. The summed E-state index contributed by atoms with van der Waals surface area (Å²) in [6.45, 7) is 13.2. The van der Waals surface area contributed by atoms with Crippen LogP contribution >= 0.6 is 10.7 Å². The van der Waals surface area contributed by atoms with Gasteiger partial charge in [-0.05, 0) is 27.4 Å². The molecule has 1 saturated heterocycles. The second-order valence-electron chi connectivity index (χ2n) is 12.3. The minimum absolute atomic E-state index is 0.154. The van der Waals surface area contributed by atoms with Gasteiger partial charge in [0.15, 0.2) is 0 Å². The molecule has 0 N–H and O–H groups in total. The molecule has 40 heavy (non-hydrogen) atoms. The van der Waals surface area contributed by atoms with Crippen molar-refractivity contribution in [2.75, 3.05) is 6.61 Å². The average Bonchev–Trinajstić information content (AvgIpc) is 3.17. The van der Waals surface area contributed by atoms with Gasteiger partial charge in [0.25, 0.3) is 8.32 Å². The van der Waals surface area contributed by atoms with Gasteiger partial charge in [-0.1, -0.05) is 137 Å². The molecule has 0 spiro atoms. The van der Waals surface area contributed by atoms with Crippen LogP contribution in [-0.4, -0.2) is 47.7 Å². The van der Waals surface area contributed by atoms with Crippen LogP contribution in [0, 0.1) is 5.92 Å². The SMILES string of the molecule is C[C@H]1C(=O)N(S(=O)(=O)Cl)[C@H](CCO[Si](c2ccccc2)(c2ccccc2)C(C)(C)C)[C@H]1[Si](C)(C)c1ccccc1. The number of rotatable bonds is 9. The van der Waals surface area contributed by atoms with Crippen LogP contribution in [0.5, 0.6) is 0 Å². The molecule has 1 aliphatic heterocycles. The third-order valence-corrected chi connectivity index (χ3v) is 19.4. The summed E-state index contributed by atoms with van der Waals surface area (Å²) in [5, 5.41) is 3.28. The van der Waals surface area contributed by atoms with Crippen molar-refractivity contribution in [3.8, 4) is 0 Å². The maximum atomic E-state index is 13.5. The number of hydrogen-bond donors (Lipinski definition) is 0. The molecule has 4 rings (SSSR count). The van der Waals surface area contributed by atoms with Gasteiger partial charge in [0, 0.05) is 23.2 Å². The first kappa shape index (κ1) is 30.7. The van der Waals surface area contributed by atoms with Gasteiger partial charge in [-0.15, -0.1) is 0 Å². The highest BCUT2D eigenvalue weighted by molar-refractivity contribution is 8.12. The summed E-state index contributed by atoms with van der Waals surface area (Å²) in [6, 6.07) is 30.3. The van der Waals surface area contributed by atoms with Crippen LogP contribution in [0.3, 0.4) is 0 Å². The van der Waals surface area contributed by atoms with Crippen molar-refractivity contribution in [3.05, 3.63) is 91.0 Å². The van der Waals surface area contributed by atoms with Crippen LogP contribution < -0.4 is 15.6 Å². The highest BCUT2D eigenvalue weighted by Gasteiger charge is 2.57. The van der Waals surface area contributed by atoms with Crippen LogP contribution in [-0.2, 0) is 18.5 Å². The van der Waals surface area contributed by atoms with Crippen molar-refractivity contribution in [3.63, 3.8) is 0 Å². The van der Waals surface area contributed by atoms with Gasteiger partial charge >= 0.3 is 9.24 Å². The largest absolute Gasteiger partial charge is 0.407 e. The third kappa shape index (κ3) is 5.61. The Bertz CT molecular complexity index is 1370. The molecule has 9 heteroatoms. The van der Waals surface area contributed by atoms with E-state index in [1.54, 1.807) is 0 Å². The summed E-state index contributed by atoms with van der Waals surface area (Å²) in [5.74, 6) is -0.889. The van der Waals surface area contributed by atoms with E-state index in [1.165, 1.54) is 5.19 Å². The lowest BCUT2D eigenvalue weighted by Crippen LogP contribution is -2.66. The molecule has 5 nitrogen and oxygen atoms in total. The van der Waals surface area contributed by atoms with Gasteiger partial charge in [0.2, 0.25) is 5.91 Å². The van der Waals surface area contributed by atoms with Crippen LogP contribution in [0.1, 0.15) is 34.1 Å². The van der Waals surface area contributed by atoms with Crippen molar-refractivity contribution in [2.24, 2.45) is 5.92 Å². The van der Waals surface area contributed by atoms with Crippen LogP contribution in [0.2, 0.25) is 23.7 Å². The first-order valence-electron chi connectivity index (χ1n) is 13.8. The fraction of sp³-hybridized carbons (Fsp3) is 0.387. The molecule has 0 saturated carbocycles. The maximum absolute atomic E-state index is 13.5. The minimum atomic E-state index is -4.27. The quantitative estimate of drug-likeness (QED) is 0.244. The summed E-state index contributed by atoms with van der Waals surface area (Å²) in [7, 11) is -3.48. The van der Waals surface area contributed by atoms with E-state index in [2.05, 4.69) is 70.3 Å². The molecule has 0 radical (unpaired) electrons. The molecule has 3 atom stereocenters. The van der Waals surface area contributed by atoms with Gasteiger partial charge in [-0.2, -0.15) is 8.42 Å². The van der Waals surface area contributed by atoms with Gasteiger partial charge in [-0.25, -0.2) is 4.31 Å². The van der Waals surface area contributed by atoms with Crippen LogP contribution in [0.15, 0.2) is 91.0 Å². The van der Waals surface area contributed by atoms with Crippen molar-refractivity contribution in [2.45, 2.75) is 63.8 Å². The summed E-state index contributed by atoms with van der Waals surface area (Å²) in [5.41, 5.74) is -0.154. The predicted octanol–water partition coefficient (Wildman–Crippen LogP) is 5.27. The van der Waals surface area contributed by atoms with Crippen molar-refractivity contribution < 1.29 is 17.6 Å². The van der Waals surface area contributed by atoms with Crippen molar-refractivity contribution in [1.82, 2.24) is 4.31 Å². The molecule has 3 aromatic rings. The zero-order chi connectivity index (χ0) is 29.3. The Balaban J connectivity index is 1.76.